The van der Waals surface area contributed by atoms with E-state index in [-0.39, 0.29) is 19.5 Å². The van der Waals surface area contributed by atoms with Gasteiger partial charge in [-0.05, 0) is 6.33 Å². The van der Waals surface area contributed by atoms with Crippen LogP contribution in [0.2, 0.25) is 0 Å². The van der Waals surface area contributed by atoms with Gasteiger partial charge in [0, 0.05) is 0 Å². The molecule has 1 N–H and O–H groups in total. The van der Waals surface area contributed by atoms with Gasteiger partial charge in [0.25, 0.3) is 0 Å². The molecule has 0 atom stereocenters. The third-order valence-corrected chi connectivity index (χ3v) is 1.40. The first kappa shape index (κ1) is 12.3. The van der Waals surface area contributed by atoms with E-state index < -0.39 is 0 Å². The van der Waals surface area contributed by atoms with E-state index in [0.29, 0.717) is 0 Å². The van der Waals surface area contributed by atoms with Crippen LogP contribution in [0.25, 0.3) is 0 Å². The molecule has 0 saturated carbocycles. The van der Waals surface area contributed by atoms with Crippen molar-refractivity contribution in [3.05, 3.63) is 43.0 Å². The van der Waals surface area contributed by atoms with E-state index in [1.165, 1.54) is 12.8 Å². The van der Waals surface area contributed by atoms with Gasteiger partial charge < -0.3 is 9.97 Å². The van der Waals surface area contributed by atoms with Gasteiger partial charge in [-0.3, -0.25) is 6.08 Å². The summed E-state index contributed by atoms with van der Waals surface area (Å²) >= 11 is 0. The molecule has 2 rings (SSSR count). The van der Waals surface area contributed by atoms with Crippen molar-refractivity contribution in [1.82, 2.24) is 9.97 Å². The molecule has 3 heteroatoms. The number of H-pyrrole nitrogens is 1. The quantitative estimate of drug-likeness (QED) is 0.563. The van der Waals surface area contributed by atoms with Gasteiger partial charge in [0.05, 0.1) is 0 Å². The number of hydrogen-bond acceptors (Lipinski definition) is 1. The minimum absolute atomic E-state index is 0. The minimum atomic E-state index is 0. The Morgan fingerprint density at radius 2 is 2.31 bits per heavy atom. The number of allylic oxidation sites excluding steroid dienone is 4. The fourth-order valence-electron chi connectivity index (χ4n) is 0.824. The van der Waals surface area contributed by atoms with Crippen LogP contribution in [-0.2, 0) is 19.5 Å². The second-order valence-electron chi connectivity index (χ2n) is 2.39. The molecular weight excluding hydrogens is 249 g/mol. The van der Waals surface area contributed by atoms with Crippen LogP contribution in [0.15, 0.2) is 30.6 Å². The van der Waals surface area contributed by atoms with Crippen LogP contribution in [0.4, 0.5) is 0 Å². The van der Waals surface area contributed by atoms with Crippen molar-refractivity contribution in [2.45, 2.75) is 19.3 Å². The monoisotopic (exact) mass is 262 g/mol. The topological polar surface area (TPSA) is 28.7 Å². The first-order valence-corrected chi connectivity index (χ1v) is 4.07. The van der Waals surface area contributed by atoms with Crippen molar-refractivity contribution in [3.8, 4) is 0 Å². The maximum Gasteiger partial charge on any atom is 2.00 e. The predicted molar refractivity (Wildman–Crippen MR) is 48.2 cm³/mol. The van der Waals surface area contributed by atoms with Crippen LogP contribution < -0.4 is 0 Å². The zero-order chi connectivity index (χ0) is 8.49. The normalized spacial score (nSPS) is 13.5. The molecule has 13 heavy (non-hydrogen) atoms. The van der Waals surface area contributed by atoms with Gasteiger partial charge in [0.1, 0.15) is 0 Å². The Morgan fingerprint density at radius 3 is 2.92 bits per heavy atom. The smallest absolute Gasteiger partial charge is 0.467 e. The van der Waals surface area contributed by atoms with E-state index in [4.69, 9.17) is 0 Å². The van der Waals surface area contributed by atoms with Crippen molar-refractivity contribution in [3.63, 3.8) is 0 Å². The summed E-state index contributed by atoms with van der Waals surface area (Å²) in [4.78, 5) is 6.17. The molecule has 0 amide bonds. The van der Waals surface area contributed by atoms with Crippen molar-refractivity contribution in [1.29, 1.82) is 0 Å². The number of aromatic nitrogens is 2. The molecule has 1 heterocycles. The SMILES string of the molecule is [C-]1=CC=CCCC1.[Ru+2].[c-]1ncc[nH]1. The van der Waals surface area contributed by atoms with Crippen LogP contribution in [0, 0.1) is 12.4 Å². The van der Waals surface area contributed by atoms with E-state index in [0.717, 1.165) is 6.42 Å². The average molecular weight is 261 g/mol. The van der Waals surface area contributed by atoms with Crippen LogP contribution in [0.5, 0.6) is 0 Å². The van der Waals surface area contributed by atoms with Crippen molar-refractivity contribution < 1.29 is 19.5 Å². The van der Waals surface area contributed by atoms with E-state index in [1.54, 1.807) is 12.4 Å². The van der Waals surface area contributed by atoms with Gasteiger partial charge in [0.15, 0.2) is 0 Å². The maximum atomic E-state index is 3.54. The Labute approximate surface area is 91.9 Å². The van der Waals surface area contributed by atoms with E-state index in [2.05, 4.69) is 34.5 Å². The predicted octanol–water partition coefficient (Wildman–Crippen LogP) is 2.29. The van der Waals surface area contributed by atoms with Gasteiger partial charge in [-0.2, -0.15) is 6.08 Å². The number of hydrogen-bond donors (Lipinski definition) is 1. The van der Waals surface area contributed by atoms with Gasteiger partial charge in [-0.15, -0.1) is 18.8 Å². The molecule has 1 aliphatic rings. The number of imidazole rings is 1. The zero-order valence-electron chi connectivity index (χ0n) is 7.31. The van der Waals surface area contributed by atoms with E-state index in [1.807, 2.05) is 6.08 Å². The molecule has 0 spiro atoms. The van der Waals surface area contributed by atoms with Gasteiger partial charge in [-0.25, -0.2) is 12.2 Å². The second kappa shape index (κ2) is 9.40. The maximum absolute atomic E-state index is 3.54. The van der Waals surface area contributed by atoms with Crippen molar-refractivity contribution in [2.75, 3.05) is 0 Å². The van der Waals surface area contributed by atoms with Crippen LogP contribution in [0.3, 0.4) is 0 Å². The summed E-state index contributed by atoms with van der Waals surface area (Å²) in [5.41, 5.74) is 0. The third-order valence-electron chi connectivity index (χ3n) is 1.40. The van der Waals surface area contributed by atoms with E-state index in [9.17, 15) is 0 Å². The number of rotatable bonds is 0. The molecule has 70 valence electrons. The average Bonchev–Trinajstić information content (AvgIpc) is 2.54. The molecule has 1 aromatic heterocycles. The summed E-state index contributed by atoms with van der Waals surface area (Å²) in [5, 5.41) is 0. The fourth-order valence-corrected chi connectivity index (χ4v) is 0.824. The van der Waals surface area contributed by atoms with Crippen LogP contribution in [0.1, 0.15) is 19.3 Å². The Bertz CT molecular complexity index is 198. The molecule has 0 aromatic carbocycles. The summed E-state index contributed by atoms with van der Waals surface area (Å²) < 4.78 is 0. The fraction of sp³-hybridized carbons (Fsp3) is 0.300. The molecule has 0 fully saturated rings. The summed E-state index contributed by atoms with van der Waals surface area (Å²) in [5.74, 6) is 0. The minimum Gasteiger partial charge on any atom is -0.467 e. The molecule has 0 unspecified atom stereocenters. The molecule has 1 aliphatic carbocycles. The molecule has 0 radical (unpaired) electrons. The third kappa shape index (κ3) is 7.67. The molecule has 1 aromatic rings. The summed E-state index contributed by atoms with van der Waals surface area (Å²) in [7, 11) is 0. The number of nitrogens with one attached hydrogen (secondary N) is 1. The van der Waals surface area contributed by atoms with Crippen LogP contribution >= 0.6 is 0 Å². The van der Waals surface area contributed by atoms with Gasteiger partial charge in [-0.1, -0.05) is 12.8 Å². The Hall–Kier alpha value is -0.687. The summed E-state index contributed by atoms with van der Waals surface area (Å²) in [6, 6.07) is 0. The Kier molecular flexibility index (Phi) is 8.91. The zero-order valence-corrected chi connectivity index (χ0v) is 9.05. The molecule has 0 bridgehead atoms. The van der Waals surface area contributed by atoms with Gasteiger partial charge in [0.2, 0.25) is 0 Å². The standard InChI is InChI=1S/C7H9.C3H3N2.Ru/c1-2-4-6-7-5-3-1;1-2-5-3-4-1;/h1-3H,4,6-7H2;1-2H,(H,4,5);/q2*-1;+2. The largest absolute Gasteiger partial charge is 2.00 e. The molecular formula is C10H12N2Ru. The molecule has 0 saturated heterocycles. The Balaban J connectivity index is 0.000000215. The molecule has 0 aliphatic heterocycles. The number of aromatic amines is 1. The second-order valence-corrected chi connectivity index (χ2v) is 2.39. The van der Waals surface area contributed by atoms with Gasteiger partial charge >= 0.3 is 19.5 Å². The Morgan fingerprint density at radius 1 is 1.38 bits per heavy atom. The number of nitrogens with zero attached hydrogens (tertiary/aromatic N) is 1. The van der Waals surface area contributed by atoms with Crippen LogP contribution in [-0.4, -0.2) is 9.97 Å². The first-order valence-electron chi connectivity index (χ1n) is 4.07. The summed E-state index contributed by atoms with van der Waals surface area (Å²) in [6.07, 6.45) is 18.8. The van der Waals surface area contributed by atoms with Crippen molar-refractivity contribution in [2.24, 2.45) is 0 Å². The van der Waals surface area contributed by atoms with E-state index >= 15 is 0 Å². The first-order chi connectivity index (χ1) is 6.00. The summed E-state index contributed by atoms with van der Waals surface area (Å²) in [6.45, 7) is 0. The molecule has 2 nitrogen and oxygen atoms in total. The van der Waals surface area contributed by atoms with Crippen molar-refractivity contribution >= 4 is 0 Å².